The van der Waals surface area contributed by atoms with Crippen LogP contribution in [-0.4, -0.2) is 52.6 Å². The first-order valence-electron chi connectivity index (χ1n) is 8.49. The molecule has 5 nitrogen and oxygen atoms in total. The molecule has 1 aliphatic rings. The number of aliphatic hydroxyl groups excluding tert-OH is 2. The molecular weight excluding hydrogens is 282 g/mol. The quantitative estimate of drug-likeness (QED) is 0.740. The summed E-state index contributed by atoms with van der Waals surface area (Å²) in [6.07, 6.45) is 4.14. The first kappa shape index (κ1) is 19.2. The molecule has 1 amide bonds. The first-order valence-corrected chi connectivity index (χ1v) is 8.49. The molecule has 0 bridgehead atoms. The van der Waals surface area contributed by atoms with Crippen molar-refractivity contribution in [2.45, 2.75) is 71.4 Å². The van der Waals surface area contributed by atoms with Crippen LogP contribution in [0.1, 0.15) is 59.8 Å². The maximum atomic E-state index is 12.5. The number of hydrogen-bond donors (Lipinski definition) is 2. The second-order valence-corrected chi connectivity index (χ2v) is 7.51. The Bertz CT molecular complexity index is 340. The third-order valence-electron chi connectivity index (χ3n) is 4.36. The third-order valence-corrected chi connectivity index (χ3v) is 4.36. The maximum Gasteiger partial charge on any atom is 0.410 e. The molecule has 2 N–H and O–H groups in total. The van der Waals surface area contributed by atoms with Crippen LogP contribution in [0.2, 0.25) is 0 Å². The SMILES string of the molecule is CC(CCCCO)C1CC(CO)CCN1C(=O)OC(C)(C)C. The van der Waals surface area contributed by atoms with Gasteiger partial charge in [0.25, 0.3) is 0 Å². The van der Waals surface area contributed by atoms with Gasteiger partial charge in [-0.3, -0.25) is 0 Å². The van der Waals surface area contributed by atoms with Crippen molar-refractivity contribution in [1.29, 1.82) is 0 Å². The molecule has 1 fully saturated rings. The minimum absolute atomic E-state index is 0.111. The number of hydrogen-bond acceptors (Lipinski definition) is 4. The predicted octanol–water partition coefficient (Wildman–Crippen LogP) is 2.79. The molecule has 0 spiro atoms. The van der Waals surface area contributed by atoms with Gasteiger partial charge in [0.1, 0.15) is 5.60 Å². The van der Waals surface area contributed by atoms with Crippen molar-refractivity contribution in [3.63, 3.8) is 0 Å². The van der Waals surface area contributed by atoms with Crippen LogP contribution in [0.5, 0.6) is 0 Å². The van der Waals surface area contributed by atoms with E-state index in [4.69, 9.17) is 9.84 Å². The average Bonchev–Trinajstić information content (AvgIpc) is 2.44. The molecular formula is C17H33NO4. The zero-order valence-corrected chi connectivity index (χ0v) is 14.5. The molecule has 0 aliphatic carbocycles. The highest BCUT2D eigenvalue weighted by Crippen LogP contribution is 2.31. The van der Waals surface area contributed by atoms with Gasteiger partial charge >= 0.3 is 6.09 Å². The average molecular weight is 315 g/mol. The second kappa shape index (κ2) is 8.73. The van der Waals surface area contributed by atoms with E-state index in [0.29, 0.717) is 12.5 Å². The lowest BCUT2D eigenvalue weighted by Crippen LogP contribution is -2.51. The molecule has 130 valence electrons. The fourth-order valence-corrected chi connectivity index (χ4v) is 3.10. The lowest BCUT2D eigenvalue weighted by atomic mass is 9.83. The van der Waals surface area contributed by atoms with E-state index in [1.807, 2.05) is 25.7 Å². The summed E-state index contributed by atoms with van der Waals surface area (Å²) in [7, 11) is 0. The van der Waals surface area contributed by atoms with Crippen LogP contribution in [0.3, 0.4) is 0 Å². The maximum absolute atomic E-state index is 12.5. The Morgan fingerprint density at radius 3 is 2.55 bits per heavy atom. The summed E-state index contributed by atoms with van der Waals surface area (Å²) in [4.78, 5) is 14.3. The summed E-state index contributed by atoms with van der Waals surface area (Å²) >= 11 is 0. The van der Waals surface area contributed by atoms with Crippen LogP contribution in [0, 0.1) is 11.8 Å². The Balaban J connectivity index is 2.72. The molecule has 22 heavy (non-hydrogen) atoms. The Kier molecular flexibility index (Phi) is 7.63. The van der Waals surface area contributed by atoms with Crippen molar-refractivity contribution in [3.05, 3.63) is 0 Å². The van der Waals surface area contributed by atoms with Gasteiger partial charge in [0.2, 0.25) is 0 Å². The highest BCUT2D eigenvalue weighted by Gasteiger charge is 2.36. The summed E-state index contributed by atoms with van der Waals surface area (Å²) in [5, 5.41) is 18.4. The van der Waals surface area contributed by atoms with Gasteiger partial charge in [-0.25, -0.2) is 4.79 Å². The van der Waals surface area contributed by atoms with Gasteiger partial charge in [-0.15, -0.1) is 0 Å². The van der Waals surface area contributed by atoms with Crippen LogP contribution in [-0.2, 0) is 4.74 Å². The van der Waals surface area contributed by atoms with E-state index < -0.39 is 5.60 Å². The summed E-state index contributed by atoms with van der Waals surface area (Å²) in [5.74, 6) is 0.609. The lowest BCUT2D eigenvalue weighted by Gasteiger charge is -2.42. The number of unbranched alkanes of at least 4 members (excludes halogenated alkanes) is 1. The molecule has 0 saturated carbocycles. The van der Waals surface area contributed by atoms with Gasteiger partial charge < -0.3 is 19.8 Å². The summed E-state index contributed by atoms with van der Waals surface area (Å²) in [6.45, 7) is 8.84. The molecule has 1 aliphatic heterocycles. The van der Waals surface area contributed by atoms with Crippen molar-refractivity contribution in [2.24, 2.45) is 11.8 Å². The number of amides is 1. The first-order chi connectivity index (χ1) is 10.3. The Hall–Kier alpha value is -0.810. The van der Waals surface area contributed by atoms with Gasteiger partial charge in [0.15, 0.2) is 0 Å². The number of likely N-dealkylation sites (tertiary alicyclic amines) is 1. The van der Waals surface area contributed by atoms with Crippen molar-refractivity contribution in [1.82, 2.24) is 4.90 Å². The fraction of sp³-hybridized carbons (Fsp3) is 0.941. The van der Waals surface area contributed by atoms with Crippen molar-refractivity contribution >= 4 is 6.09 Å². The molecule has 0 aromatic rings. The molecule has 0 aromatic carbocycles. The lowest BCUT2D eigenvalue weighted by molar-refractivity contribution is -0.00917. The van der Waals surface area contributed by atoms with E-state index in [9.17, 15) is 9.90 Å². The van der Waals surface area contributed by atoms with Gasteiger partial charge in [0.05, 0.1) is 0 Å². The minimum Gasteiger partial charge on any atom is -0.444 e. The van der Waals surface area contributed by atoms with E-state index in [2.05, 4.69) is 6.92 Å². The molecule has 1 heterocycles. The fourth-order valence-electron chi connectivity index (χ4n) is 3.10. The normalized spacial score (nSPS) is 24.2. The number of rotatable bonds is 6. The van der Waals surface area contributed by atoms with E-state index in [1.54, 1.807) is 0 Å². The molecule has 3 atom stereocenters. The molecule has 0 radical (unpaired) electrons. The van der Waals surface area contributed by atoms with Crippen molar-refractivity contribution in [3.8, 4) is 0 Å². The highest BCUT2D eigenvalue weighted by atomic mass is 16.6. The number of piperidine rings is 1. The van der Waals surface area contributed by atoms with Gasteiger partial charge in [-0.1, -0.05) is 13.3 Å². The summed E-state index contributed by atoms with van der Waals surface area (Å²) in [5.41, 5.74) is -0.490. The molecule has 0 aromatic heterocycles. The summed E-state index contributed by atoms with van der Waals surface area (Å²) in [6, 6.07) is 0.111. The monoisotopic (exact) mass is 315 g/mol. The van der Waals surface area contributed by atoms with Crippen molar-refractivity contribution < 1.29 is 19.7 Å². The largest absolute Gasteiger partial charge is 0.444 e. The number of ether oxygens (including phenoxy) is 1. The van der Waals surface area contributed by atoms with Gasteiger partial charge in [-0.05, 0) is 58.3 Å². The van der Waals surface area contributed by atoms with E-state index >= 15 is 0 Å². The smallest absolute Gasteiger partial charge is 0.410 e. The van der Waals surface area contributed by atoms with Gasteiger partial charge in [-0.2, -0.15) is 0 Å². The zero-order chi connectivity index (χ0) is 16.8. The third kappa shape index (κ3) is 6.13. The van der Waals surface area contributed by atoms with Gasteiger partial charge in [0, 0.05) is 25.8 Å². The van der Waals surface area contributed by atoms with E-state index in [1.165, 1.54) is 0 Å². The Morgan fingerprint density at radius 1 is 1.32 bits per heavy atom. The second-order valence-electron chi connectivity index (χ2n) is 7.51. The van der Waals surface area contributed by atoms with Crippen molar-refractivity contribution in [2.75, 3.05) is 19.8 Å². The summed E-state index contributed by atoms with van der Waals surface area (Å²) < 4.78 is 5.54. The molecule has 1 rings (SSSR count). The zero-order valence-electron chi connectivity index (χ0n) is 14.5. The molecule has 1 saturated heterocycles. The van der Waals surface area contributed by atoms with Crippen LogP contribution in [0.4, 0.5) is 4.79 Å². The number of aliphatic hydroxyl groups is 2. The standard InChI is InChI=1S/C17H33NO4/c1-13(7-5-6-10-19)15-11-14(12-20)8-9-18(15)16(21)22-17(2,3)4/h13-15,19-20H,5-12H2,1-4H3. The number of carbonyl (C=O) groups is 1. The minimum atomic E-state index is -0.490. The molecule has 3 unspecified atom stereocenters. The Labute approximate surface area is 134 Å². The topological polar surface area (TPSA) is 70.0 Å². The predicted molar refractivity (Wildman–Crippen MR) is 86.6 cm³/mol. The van der Waals surface area contributed by atoms with E-state index in [-0.39, 0.29) is 31.3 Å². The number of carbonyl (C=O) groups excluding carboxylic acids is 1. The van der Waals surface area contributed by atoms with Crippen LogP contribution in [0.15, 0.2) is 0 Å². The van der Waals surface area contributed by atoms with Crippen LogP contribution in [0.25, 0.3) is 0 Å². The molecule has 5 heteroatoms. The van der Waals surface area contributed by atoms with E-state index in [0.717, 1.165) is 32.1 Å². The Morgan fingerprint density at radius 2 is 2.00 bits per heavy atom. The highest BCUT2D eigenvalue weighted by molar-refractivity contribution is 5.68. The van der Waals surface area contributed by atoms with Crippen LogP contribution >= 0.6 is 0 Å². The number of nitrogens with zero attached hydrogens (tertiary/aromatic N) is 1. The van der Waals surface area contributed by atoms with Crippen LogP contribution < -0.4 is 0 Å².